The van der Waals surface area contributed by atoms with Gasteiger partial charge < -0.3 is 15.0 Å². The van der Waals surface area contributed by atoms with Crippen molar-refractivity contribution in [3.05, 3.63) is 54.9 Å². The van der Waals surface area contributed by atoms with Crippen molar-refractivity contribution in [2.75, 3.05) is 31.1 Å². The van der Waals surface area contributed by atoms with Gasteiger partial charge in [-0.15, -0.1) is 13.2 Å². The maximum absolute atomic E-state index is 14.1. The van der Waals surface area contributed by atoms with Crippen LogP contribution in [0.25, 0.3) is 0 Å². The van der Waals surface area contributed by atoms with E-state index in [9.17, 15) is 4.39 Å². The van der Waals surface area contributed by atoms with Gasteiger partial charge >= 0.3 is 0 Å². The van der Waals surface area contributed by atoms with Crippen LogP contribution < -0.4 is 10.2 Å². The van der Waals surface area contributed by atoms with Gasteiger partial charge in [0.2, 0.25) is 0 Å². The molecular weight excluding hydrogens is 279 g/mol. The summed E-state index contributed by atoms with van der Waals surface area (Å²) in [5, 5.41) is 3.39. The lowest BCUT2D eigenvalue weighted by molar-refractivity contribution is 0.110. The van der Waals surface area contributed by atoms with Crippen molar-refractivity contribution in [3.8, 4) is 0 Å². The molecule has 22 heavy (non-hydrogen) atoms. The number of ether oxygens (including phenoxy) is 1. The smallest absolute Gasteiger partial charge is 0.146 e. The highest BCUT2D eigenvalue weighted by Crippen LogP contribution is 2.21. The predicted molar refractivity (Wildman–Crippen MR) is 89.7 cm³/mol. The number of benzene rings is 1. The largest absolute Gasteiger partial charge is 0.377 e. The minimum atomic E-state index is -0.216. The summed E-state index contributed by atoms with van der Waals surface area (Å²) in [7, 11) is 0. The first kappa shape index (κ1) is 16.7. The molecule has 4 heteroatoms. The molecule has 1 saturated heterocycles. The first-order chi connectivity index (χ1) is 10.7. The Hall–Kier alpha value is -1.65. The van der Waals surface area contributed by atoms with Crippen molar-refractivity contribution in [2.45, 2.75) is 25.5 Å². The topological polar surface area (TPSA) is 24.5 Å². The molecule has 1 N–H and O–H groups in total. The third-order valence-electron chi connectivity index (χ3n) is 3.78. The Morgan fingerprint density at radius 2 is 2.09 bits per heavy atom. The Morgan fingerprint density at radius 1 is 1.32 bits per heavy atom. The van der Waals surface area contributed by atoms with Crippen LogP contribution in [-0.4, -0.2) is 32.3 Å². The van der Waals surface area contributed by atoms with Crippen LogP contribution in [0.3, 0.4) is 0 Å². The lowest BCUT2D eigenvalue weighted by Gasteiger charge is -2.23. The molecule has 1 aromatic carbocycles. The number of nitrogens with one attached hydrogen (secondary N) is 1. The van der Waals surface area contributed by atoms with E-state index in [4.69, 9.17) is 4.74 Å². The molecule has 120 valence electrons. The average molecular weight is 304 g/mol. The SMILES string of the molecule is C=CCN(CC=C)c1cc(CNCC2CCCO2)ccc1F. The van der Waals surface area contributed by atoms with Gasteiger partial charge in [0.1, 0.15) is 5.82 Å². The fraction of sp³-hybridized carbons (Fsp3) is 0.444. The molecular formula is C18H25FN2O. The number of nitrogens with zero attached hydrogens (tertiary/aromatic N) is 1. The van der Waals surface area contributed by atoms with Gasteiger partial charge in [0.15, 0.2) is 0 Å². The number of anilines is 1. The van der Waals surface area contributed by atoms with Gasteiger partial charge in [0.25, 0.3) is 0 Å². The quantitative estimate of drug-likeness (QED) is 0.709. The van der Waals surface area contributed by atoms with E-state index >= 15 is 0 Å². The molecule has 1 atom stereocenters. The fourth-order valence-corrected chi connectivity index (χ4v) is 2.68. The summed E-state index contributed by atoms with van der Waals surface area (Å²) in [5.41, 5.74) is 1.66. The van der Waals surface area contributed by atoms with E-state index in [1.807, 2.05) is 17.0 Å². The molecule has 1 unspecified atom stereocenters. The summed E-state index contributed by atoms with van der Waals surface area (Å²) >= 11 is 0. The van der Waals surface area contributed by atoms with Crippen LogP contribution in [0, 0.1) is 5.82 Å². The molecule has 0 aliphatic carbocycles. The monoisotopic (exact) mass is 304 g/mol. The first-order valence-electron chi connectivity index (χ1n) is 7.82. The minimum Gasteiger partial charge on any atom is -0.377 e. The molecule has 1 aromatic rings. The number of halogens is 1. The van der Waals surface area contributed by atoms with Crippen LogP contribution in [0.4, 0.5) is 10.1 Å². The van der Waals surface area contributed by atoms with E-state index in [2.05, 4.69) is 18.5 Å². The number of hydrogen-bond acceptors (Lipinski definition) is 3. The summed E-state index contributed by atoms with van der Waals surface area (Å²) in [6, 6.07) is 5.24. The van der Waals surface area contributed by atoms with E-state index in [1.165, 1.54) is 6.07 Å². The Balaban J connectivity index is 1.98. The predicted octanol–water partition coefficient (Wildman–Crippen LogP) is 3.27. The summed E-state index contributed by atoms with van der Waals surface area (Å²) in [6.45, 7) is 11.1. The van der Waals surface area contributed by atoms with Crippen molar-refractivity contribution in [1.82, 2.24) is 5.32 Å². The molecule has 0 bridgehead atoms. The highest BCUT2D eigenvalue weighted by atomic mass is 19.1. The lowest BCUT2D eigenvalue weighted by atomic mass is 10.1. The zero-order chi connectivity index (χ0) is 15.8. The molecule has 3 nitrogen and oxygen atoms in total. The van der Waals surface area contributed by atoms with Gasteiger partial charge in [0.05, 0.1) is 11.8 Å². The van der Waals surface area contributed by atoms with Crippen LogP contribution in [0.2, 0.25) is 0 Å². The van der Waals surface area contributed by atoms with Crippen LogP contribution in [0.5, 0.6) is 0 Å². The fourth-order valence-electron chi connectivity index (χ4n) is 2.68. The highest BCUT2D eigenvalue weighted by molar-refractivity contribution is 5.51. The van der Waals surface area contributed by atoms with Gasteiger partial charge in [0, 0.05) is 32.8 Å². The van der Waals surface area contributed by atoms with E-state index in [1.54, 1.807) is 12.2 Å². The van der Waals surface area contributed by atoms with Crippen molar-refractivity contribution in [3.63, 3.8) is 0 Å². The molecule has 1 aliphatic heterocycles. The molecule has 2 rings (SSSR count). The molecule has 1 heterocycles. The zero-order valence-corrected chi connectivity index (χ0v) is 13.1. The summed E-state index contributed by atoms with van der Waals surface area (Å²) < 4.78 is 19.7. The third kappa shape index (κ3) is 4.68. The minimum absolute atomic E-state index is 0.216. The first-order valence-corrected chi connectivity index (χ1v) is 7.82. The molecule has 1 fully saturated rings. The molecule has 1 aliphatic rings. The standard InChI is InChI=1S/C18H25FN2O/c1-3-9-21(10-4-2)18-12-15(7-8-17(18)19)13-20-14-16-6-5-11-22-16/h3-4,7-8,12,16,20H,1-2,5-6,9-11,13-14H2. The van der Waals surface area contributed by atoms with Crippen molar-refractivity contribution >= 4 is 5.69 Å². The van der Waals surface area contributed by atoms with Crippen LogP contribution in [0.15, 0.2) is 43.5 Å². The van der Waals surface area contributed by atoms with Crippen molar-refractivity contribution in [1.29, 1.82) is 0 Å². The Labute approximate surface area is 132 Å². The number of hydrogen-bond donors (Lipinski definition) is 1. The maximum atomic E-state index is 14.1. The Bertz CT molecular complexity index is 488. The van der Waals surface area contributed by atoms with Crippen LogP contribution in [0.1, 0.15) is 18.4 Å². The second-order valence-electron chi connectivity index (χ2n) is 5.53. The van der Waals surface area contributed by atoms with E-state index in [-0.39, 0.29) is 5.82 Å². The van der Waals surface area contributed by atoms with Gasteiger partial charge in [-0.1, -0.05) is 18.2 Å². The molecule has 0 saturated carbocycles. The summed E-state index contributed by atoms with van der Waals surface area (Å²) in [5.74, 6) is -0.216. The van der Waals surface area contributed by atoms with Crippen molar-refractivity contribution in [2.24, 2.45) is 0 Å². The van der Waals surface area contributed by atoms with Gasteiger partial charge in [-0.25, -0.2) is 4.39 Å². The van der Waals surface area contributed by atoms with E-state index < -0.39 is 0 Å². The summed E-state index contributed by atoms with van der Waals surface area (Å²) in [4.78, 5) is 1.92. The molecule has 0 spiro atoms. The third-order valence-corrected chi connectivity index (χ3v) is 3.78. The molecule has 0 radical (unpaired) electrons. The van der Waals surface area contributed by atoms with Crippen molar-refractivity contribution < 1.29 is 9.13 Å². The second kappa shape index (κ2) is 8.71. The van der Waals surface area contributed by atoms with Gasteiger partial charge in [-0.2, -0.15) is 0 Å². The van der Waals surface area contributed by atoms with E-state index in [0.717, 1.165) is 31.6 Å². The molecule has 0 aromatic heterocycles. The number of rotatable bonds is 9. The molecule has 0 amide bonds. The Kier molecular flexibility index (Phi) is 6.62. The van der Waals surface area contributed by atoms with Gasteiger partial charge in [-0.05, 0) is 30.5 Å². The summed E-state index contributed by atoms with van der Waals surface area (Å²) in [6.07, 6.45) is 6.12. The van der Waals surface area contributed by atoms with Crippen LogP contribution >= 0.6 is 0 Å². The normalized spacial score (nSPS) is 17.4. The van der Waals surface area contributed by atoms with Crippen LogP contribution in [-0.2, 0) is 11.3 Å². The second-order valence-corrected chi connectivity index (χ2v) is 5.53. The van der Waals surface area contributed by atoms with E-state index in [0.29, 0.717) is 31.4 Å². The van der Waals surface area contributed by atoms with Gasteiger partial charge in [-0.3, -0.25) is 0 Å². The maximum Gasteiger partial charge on any atom is 0.146 e. The highest BCUT2D eigenvalue weighted by Gasteiger charge is 2.15. The average Bonchev–Trinajstić information content (AvgIpc) is 3.02. The zero-order valence-electron chi connectivity index (χ0n) is 13.1. The lowest BCUT2D eigenvalue weighted by Crippen LogP contribution is -2.26. The Morgan fingerprint density at radius 3 is 2.73 bits per heavy atom.